The Hall–Kier alpha value is -0.810. The summed E-state index contributed by atoms with van der Waals surface area (Å²) in [6.07, 6.45) is 2.05. The molecule has 0 saturated carbocycles. The van der Waals surface area contributed by atoms with E-state index in [4.69, 9.17) is 12.2 Å². The molecule has 5 heteroatoms. The standard InChI is InChI=1S/C11H13FN2S2/c1-7(6-16-2)14-9-5-3-4-8(12)10(9)13-11(14)15/h3-5,7H,6H2,1-2H3,(H,13,15). The minimum absolute atomic E-state index is 0.251. The van der Waals surface area contributed by atoms with Gasteiger partial charge in [-0.3, -0.25) is 0 Å². The van der Waals surface area contributed by atoms with Crippen molar-refractivity contribution in [2.75, 3.05) is 12.0 Å². The zero-order valence-electron chi connectivity index (χ0n) is 9.16. The number of rotatable bonds is 3. The molecule has 1 heterocycles. The molecule has 1 unspecified atom stereocenters. The number of aromatic amines is 1. The fourth-order valence-corrected chi connectivity index (χ4v) is 2.88. The fourth-order valence-electron chi connectivity index (χ4n) is 1.87. The molecule has 1 N–H and O–H groups in total. The van der Waals surface area contributed by atoms with Crippen molar-refractivity contribution in [3.63, 3.8) is 0 Å². The number of benzene rings is 1. The summed E-state index contributed by atoms with van der Waals surface area (Å²) in [6.45, 7) is 2.09. The topological polar surface area (TPSA) is 20.7 Å². The molecule has 0 radical (unpaired) electrons. The number of para-hydroxylation sites is 1. The second-order valence-electron chi connectivity index (χ2n) is 3.74. The van der Waals surface area contributed by atoms with E-state index in [0.717, 1.165) is 11.3 Å². The Kier molecular flexibility index (Phi) is 3.35. The largest absolute Gasteiger partial charge is 0.328 e. The molecule has 0 aliphatic carbocycles. The van der Waals surface area contributed by atoms with Crippen LogP contribution in [0.4, 0.5) is 4.39 Å². The summed E-state index contributed by atoms with van der Waals surface area (Å²) in [4.78, 5) is 2.93. The van der Waals surface area contributed by atoms with Crippen LogP contribution in [0.5, 0.6) is 0 Å². The van der Waals surface area contributed by atoms with Crippen LogP contribution in [-0.2, 0) is 0 Å². The Morgan fingerprint density at radius 3 is 3.00 bits per heavy atom. The van der Waals surface area contributed by atoms with Crippen LogP contribution in [0, 0.1) is 10.6 Å². The summed E-state index contributed by atoms with van der Waals surface area (Å²) in [5, 5.41) is 0. The van der Waals surface area contributed by atoms with Crippen molar-refractivity contribution >= 4 is 35.0 Å². The van der Waals surface area contributed by atoms with Gasteiger partial charge in [0.2, 0.25) is 0 Å². The number of nitrogens with one attached hydrogen (secondary N) is 1. The van der Waals surface area contributed by atoms with Crippen LogP contribution in [-0.4, -0.2) is 21.6 Å². The van der Waals surface area contributed by atoms with Gasteiger partial charge in [-0.2, -0.15) is 11.8 Å². The smallest absolute Gasteiger partial charge is 0.178 e. The van der Waals surface area contributed by atoms with E-state index in [-0.39, 0.29) is 11.9 Å². The summed E-state index contributed by atoms with van der Waals surface area (Å²) >= 11 is 6.99. The van der Waals surface area contributed by atoms with E-state index in [2.05, 4.69) is 18.2 Å². The maximum atomic E-state index is 13.5. The first-order chi connectivity index (χ1) is 7.65. The maximum absolute atomic E-state index is 13.5. The van der Waals surface area contributed by atoms with Gasteiger partial charge in [0, 0.05) is 11.8 Å². The number of fused-ring (bicyclic) bond motifs is 1. The van der Waals surface area contributed by atoms with E-state index >= 15 is 0 Å². The SMILES string of the molecule is CSCC(C)n1c(=S)[nH]c2c(F)cccc21. The Labute approximate surface area is 103 Å². The Bertz CT molecular complexity index is 559. The zero-order valence-corrected chi connectivity index (χ0v) is 10.8. The summed E-state index contributed by atoms with van der Waals surface area (Å²) in [7, 11) is 0. The van der Waals surface area contributed by atoms with Crippen molar-refractivity contribution in [1.29, 1.82) is 0 Å². The Morgan fingerprint density at radius 1 is 1.56 bits per heavy atom. The molecule has 1 aromatic heterocycles. The van der Waals surface area contributed by atoms with Gasteiger partial charge in [0.25, 0.3) is 0 Å². The van der Waals surface area contributed by atoms with Crippen LogP contribution >= 0.6 is 24.0 Å². The van der Waals surface area contributed by atoms with Crippen molar-refractivity contribution < 1.29 is 4.39 Å². The molecular weight excluding hydrogens is 243 g/mol. The molecule has 0 amide bonds. The third-order valence-electron chi connectivity index (χ3n) is 2.55. The summed E-state index contributed by atoms with van der Waals surface area (Å²) in [6, 6.07) is 5.31. The third kappa shape index (κ3) is 1.89. The molecule has 2 rings (SSSR count). The molecule has 2 aromatic rings. The predicted molar refractivity (Wildman–Crippen MR) is 70.2 cm³/mol. The van der Waals surface area contributed by atoms with Crippen molar-refractivity contribution in [3.8, 4) is 0 Å². The van der Waals surface area contributed by atoms with Gasteiger partial charge in [-0.05, 0) is 37.5 Å². The molecule has 0 fully saturated rings. The highest BCUT2D eigenvalue weighted by Crippen LogP contribution is 2.22. The van der Waals surface area contributed by atoms with E-state index in [1.165, 1.54) is 6.07 Å². The number of imidazole rings is 1. The molecular formula is C11H13FN2S2. The number of H-pyrrole nitrogens is 1. The van der Waals surface area contributed by atoms with E-state index in [0.29, 0.717) is 10.3 Å². The van der Waals surface area contributed by atoms with E-state index in [1.807, 2.05) is 10.6 Å². The van der Waals surface area contributed by atoms with E-state index < -0.39 is 0 Å². The van der Waals surface area contributed by atoms with Crippen LogP contribution in [0.25, 0.3) is 11.0 Å². The minimum atomic E-state index is -0.251. The zero-order chi connectivity index (χ0) is 11.7. The average Bonchev–Trinajstić information content (AvgIpc) is 2.56. The second-order valence-corrected chi connectivity index (χ2v) is 5.04. The number of nitrogens with zero attached hydrogens (tertiary/aromatic N) is 1. The molecule has 86 valence electrons. The molecule has 2 nitrogen and oxygen atoms in total. The van der Waals surface area contributed by atoms with E-state index in [9.17, 15) is 4.39 Å². The van der Waals surface area contributed by atoms with Crippen LogP contribution in [0.15, 0.2) is 18.2 Å². The van der Waals surface area contributed by atoms with Crippen molar-refractivity contribution in [3.05, 3.63) is 28.8 Å². The first-order valence-electron chi connectivity index (χ1n) is 5.03. The number of hydrogen-bond donors (Lipinski definition) is 1. The molecule has 0 bridgehead atoms. The van der Waals surface area contributed by atoms with Gasteiger partial charge in [0.15, 0.2) is 4.77 Å². The lowest BCUT2D eigenvalue weighted by atomic mass is 10.3. The van der Waals surface area contributed by atoms with Crippen molar-refractivity contribution in [2.45, 2.75) is 13.0 Å². The molecule has 16 heavy (non-hydrogen) atoms. The normalized spacial score (nSPS) is 13.2. The minimum Gasteiger partial charge on any atom is -0.328 e. The summed E-state index contributed by atoms with van der Waals surface area (Å²) in [5.74, 6) is 0.705. The first-order valence-corrected chi connectivity index (χ1v) is 6.83. The number of hydrogen-bond acceptors (Lipinski definition) is 2. The van der Waals surface area contributed by atoms with Crippen LogP contribution in [0.2, 0.25) is 0 Å². The number of thioether (sulfide) groups is 1. The second kappa shape index (κ2) is 4.59. The third-order valence-corrected chi connectivity index (χ3v) is 3.67. The van der Waals surface area contributed by atoms with E-state index in [1.54, 1.807) is 17.8 Å². The fraction of sp³-hybridized carbons (Fsp3) is 0.364. The first kappa shape index (κ1) is 11.7. The van der Waals surface area contributed by atoms with Gasteiger partial charge >= 0.3 is 0 Å². The Balaban J connectivity index is 2.65. The number of halogens is 1. The van der Waals surface area contributed by atoms with Gasteiger partial charge < -0.3 is 9.55 Å². The molecule has 0 spiro atoms. The van der Waals surface area contributed by atoms with Gasteiger partial charge in [0.05, 0.1) is 5.52 Å². The highest BCUT2D eigenvalue weighted by atomic mass is 32.2. The monoisotopic (exact) mass is 256 g/mol. The predicted octanol–water partition coefficient (Wildman–Crippen LogP) is 3.76. The van der Waals surface area contributed by atoms with Gasteiger partial charge in [-0.1, -0.05) is 6.07 Å². The maximum Gasteiger partial charge on any atom is 0.178 e. The molecule has 1 atom stereocenters. The molecule has 0 aliphatic rings. The molecule has 1 aromatic carbocycles. The average molecular weight is 256 g/mol. The molecule has 0 saturated heterocycles. The van der Waals surface area contributed by atoms with Crippen LogP contribution in [0.3, 0.4) is 0 Å². The highest BCUT2D eigenvalue weighted by molar-refractivity contribution is 7.98. The van der Waals surface area contributed by atoms with Gasteiger partial charge in [0.1, 0.15) is 11.3 Å². The quantitative estimate of drug-likeness (QED) is 0.844. The lowest BCUT2D eigenvalue weighted by Crippen LogP contribution is -2.07. The lowest BCUT2D eigenvalue weighted by Gasteiger charge is -2.12. The van der Waals surface area contributed by atoms with Crippen LogP contribution < -0.4 is 0 Å². The summed E-state index contributed by atoms with van der Waals surface area (Å²) in [5.41, 5.74) is 1.34. The van der Waals surface area contributed by atoms with Crippen molar-refractivity contribution in [2.24, 2.45) is 0 Å². The van der Waals surface area contributed by atoms with Gasteiger partial charge in [-0.15, -0.1) is 0 Å². The number of aromatic nitrogens is 2. The van der Waals surface area contributed by atoms with Crippen LogP contribution in [0.1, 0.15) is 13.0 Å². The van der Waals surface area contributed by atoms with Gasteiger partial charge in [-0.25, -0.2) is 4.39 Å². The Morgan fingerprint density at radius 2 is 2.31 bits per heavy atom. The van der Waals surface area contributed by atoms with Crippen molar-refractivity contribution in [1.82, 2.24) is 9.55 Å². The molecule has 0 aliphatic heterocycles. The lowest BCUT2D eigenvalue weighted by molar-refractivity contribution is 0.619. The summed E-state index contributed by atoms with van der Waals surface area (Å²) < 4.78 is 16.1. The highest BCUT2D eigenvalue weighted by Gasteiger charge is 2.12.